The molecule has 1 N–H and O–H groups in total. The third-order valence-corrected chi connectivity index (χ3v) is 4.77. The van der Waals surface area contributed by atoms with Crippen LogP contribution < -0.4 is 20.3 Å². The first-order valence-corrected chi connectivity index (χ1v) is 10.7. The first-order chi connectivity index (χ1) is 13.5. The maximum atomic E-state index is 13.0. The number of aromatic nitrogens is 1. The van der Waals surface area contributed by atoms with Crippen LogP contribution in [0.15, 0.2) is 23.0 Å². The maximum absolute atomic E-state index is 13.0. The second-order valence-corrected chi connectivity index (χ2v) is 7.61. The summed E-state index contributed by atoms with van der Waals surface area (Å²) in [5, 5.41) is 4.34. The predicted octanol–water partition coefficient (Wildman–Crippen LogP) is 5.50. The van der Waals surface area contributed by atoms with E-state index in [2.05, 4.69) is 19.2 Å². The molecule has 0 unspecified atom stereocenters. The molecule has 0 aliphatic heterocycles. The number of nitrogens with one attached hydrogen (secondary N) is 1. The minimum absolute atomic E-state index is 0.0948. The summed E-state index contributed by atoms with van der Waals surface area (Å²) in [7, 11) is 1.79. The fourth-order valence-corrected chi connectivity index (χ4v) is 3.19. The number of aryl methyl sites for hydroxylation is 1. The van der Waals surface area contributed by atoms with Crippen molar-refractivity contribution in [1.82, 2.24) is 4.57 Å². The van der Waals surface area contributed by atoms with Crippen LogP contribution >= 0.6 is 0 Å². The summed E-state index contributed by atoms with van der Waals surface area (Å²) in [5.41, 5.74) is 1.71. The number of rotatable bonds is 12. The number of hydrogen-bond donors (Lipinski definition) is 1. The maximum Gasteiger partial charge on any atom is 0.297 e. The lowest BCUT2D eigenvalue weighted by atomic mass is 10.1. The smallest absolute Gasteiger partial charge is 0.297 e. The summed E-state index contributed by atoms with van der Waals surface area (Å²) in [6.45, 7) is 9.73. The van der Waals surface area contributed by atoms with Crippen LogP contribution in [0.3, 0.4) is 0 Å². The molecule has 0 aliphatic rings. The van der Waals surface area contributed by atoms with Crippen LogP contribution in [0.1, 0.15) is 66.2 Å². The monoisotopic (exact) mass is 388 g/mol. The van der Waals surface area contributed by atoms with Crippen molar-refractivity contribution in [2.24, 2.45) is 7.05 Å². The number of benzene rings is 1. The Hall–Kier alpha value is -2.17. The normalized spacial score (nSPS) is 11.2. The molecule has 0 fully saturated rings. The van der Waals surface area contributed by atoms with E-state index >= 15 is 0 Å². The molecule has 1 aromatic heterocycles. The van der Waals surface area contributed by atoms with E-state index in [-0.39, 0.29) is 11.7 Å². The minimum Gasteiger partial charge on any atom is -0.489 e. The lowest BCUT2D eigenvalue weighted by Gasteiger charge is -2.19. The molecule has 2 rings (SSSR count). The van der Waals surface area contributed by atoms with Gasteiger partial charge in [0.15, 0.2) is 5.75 Å². The van der Waals surface area contributed by atoms with Gasteiger partial charge in [-0.25, -0.2) is 0 Å². The van der Waals surface area contributed by atoms with Gasteiger partial charge < -0.3 is 19.4 Å². The van der Waals surface area contributed by atoms with Crippen molar-refractivity contribution < 1.29 is 9.47 Å². The summed E-state index contributed by atoms with van der Waals surface area (Å²) in [6.07, 6.45) is 6.65. The average molecular weight is 389 g/mol. The number of hydrogen-bond acceptors (Lipinski definition) is 4. The van der Waals surface area contributed by atoms with Crippen LogP contribution in [-0.2, 0) is 7.05 Å². The van der Waals surface area contributed by atoms with Crippen LogP contribution in [0, 0.1) is 0 Å². The Morgan fingerprint density at radius 3 is 2.46 bits per heavy atom. The molecule has 1 aromatic carbocycles. The van der Waals surface area contributed by atoms with E-state index in [0.29, 0.717) is 18.1 Å². The Labute approximate surface area is 169 Å². The van der Waals surface area contributed by atoms with Crippen molar-refractivity contribution in [3.8, 4) is 11.5 Å². The molecule has 0 radical (unpaired) electrons. The number of anilines is 1. The van der Waals surface area contributed by atoms with Gasteiger partial charge in [-0.2, -0.15) is 0 Å². The number of unbranched alkanes of at least 4 members (excludes halogenated alkanes) is 4. The fraction of sp³-hybridized carbons (Fsp3) is 0.609. The SMILES string of the molecule is CCCCCCOc1c(OC(C)C)c(=O)n(C)c2cc(NCCCC)ccc12. The highest BCUT2D eigenvalue weighted by Gasteiger charge is 2.19. The third-order valence-electron chi connectivity index (χ3n) is 4.77. The van der Waals surface area contributed by atoms with Crippen LogP contribution in [-0.4, -0.2) is 23.8 Å². The number of nitrogens with zero attached hydrogens (tertiary/aromatic N) is 1. The van der Waals surface area contributed by atoms with Crippen molar-refractivity contribution >= 4 is 16.6 Å². The number of ether oxygens (including phenoxy) is 2. The quantitative estimate of drug-likeness (QED) is 0.488. The largest absolute Gasteiger partial charge is 0.489 e. The van der Waals surface area contributed by atoms with Crippen molar-refractivity contribution in [2.45, 2.75) is 72.3 Å². The van der Waals surface area contributed by atoms with Crippen molar-refractivity contribution in [3.05, 3.63) is 28.6 Å². The zero-order valence-corrected chi connectivity index (χ0v) is 18.1. The van der Waals surface area contributed by atoms with E-state index in [1.807, 2.05) is 32.0 Å². The standard InChI is InChI=1S/C23H36N2O3/c1-6-8-10-11-15-27-21-19-13-12-18(24-14-9-7-2)16-20(19)25(5)23(26)22(21)28-17(3)4/h12-13,16-17,24H,6-11,14-15H2,1-5H3. The molecular formula is C23H36N2O3. The van der Waals surface area contributed by atoms with Gasteiger partial charge in [-0.3, -0.25) is 4.79 Å². The molecular weight excluding hydrogens is 352 g/mol. The highest BCUT2D eigenvalue weighted by molar-refractivity contribution is 5.90. The van der Waals surface area contributed by atoms with Crippen molar-refractivity contribution in [2.75, 3.05) is 18.5 Å². The van der Waals surface area contributed by atoms with Gasteiger partial charge in [-0.1, -0.05) is 39.5 Å². The molecule has 0 atom stereocenters. The van der Waals surface area contributed by atoms with Gasteiger partial charge >= 0.3 is 0 Å². The second-order valence-electron chi connectivity index (χ2n) is 7.61. The van der Waals surface area contributed by atoms with Crippen LogP contribution in [0.25, 0.3) is 10.9 Å². The number of fused-ring (bicyclic) bond motifs is 1. The zero-order chi connectivity index (χ0) is 20.5. The lowest BCUT2D eigenvalue weighted by molar-refractivity contribution is 0.216. The van der Waals surface area contributed by atoms with Crippen molar-refractivity contribution in [3.63, 3.8) is 0 Å². The Kier molecular flexibility index (Phi) is 8.68. The lowest BCUT2D eigenvalue weighted by Crippen LogP contribution is -2.23. The average Bonchev–Trinajstić information content (AvgIpc) is 2.67. The Morgan fingerprint density at radius 1 is 1.04 bits per heavy atom. The van der Waals surface area contributed by atoms with Crippen LogP contribution in [0.5, 0.6) is 11.5 Å². The van der Waals surface area contributed by atoms with Crippen molar-refractivity contribution in [1.29, 1.82) is 0 Å². The molecule has 5 heteroatoms. The molecule has 2 aromatic rings. The molecule has 0 bridgehead atoms. The summed E-state index contributed by atoms with van der Waals surface area (Å²) >= 11 is 0. The van der Waals surface area contributed by atoms with Gasteiger partial charge in [0, 0.05) is 24.7 Å². The Balaban J connectivity index is 2.42. The van der Waals surface area contributed by atoms with E-state index in [9.17, 15) is 4.79 Å². The van der Waals surface area contributed by atoms with E-state index in [4.69, 9.17) is 9.47 Å². The van der Waals surface area contributed by atoms with E-state index in [0.717, 1.165) is 48.8 Å². The molecule has 0 spiro atoms. The molecule has 0 aliphatic carbocycles. The molecule has 156 valence electrons. The highest BCUT2D eigenvalue weighted by atomic mass is 16.5. The van der Waals surface area contributed by atoms with E-state index in [1.165, 1.54) is 12.8 Å². The van der Waals surface area contributed by atoms with Crippen LogP contribution in [0.2, 0.25) is 0 Å². The first kappa shape index (κ1) is 22.1. The van der Waals surface area contributed by atoms with Gasteiger partial charge in [0.2, 0.25) is 5.75 Å². The Morgan fingerprint density at radius 2 is 1.79 bits per heavy atom. The molecule has 28 heavy (non-hydrogen) atoms. The summed E-state index contributed by atoms with van der Waals surface area (Å²) in [6, 6.07) is 6.10. The minimum atomic E-state index is -0.157. The molecule has 0 saturated heterocycles. The van der Waals surface area contributed by atoms with Gasteiger partial charge in [0.1, 0.15) is 0 Å². The molecule has 0 saturated carbocycles. The van der Waals surface area contributed by atoms with Gasteiger partial charge in [0.05, 0.1) is 18.2 Å². The molecule has 0 amide bonds. The van der Waals surface area contributed by atoms with Gasteiger partial charge in [0.25, 0.3) is 5.56 Å². The zero-order valence-electron chi connectivity index (χ0n) is 18.1. The van der Waals surface area contributed by atoms with Gasteiger partial charge in [-0.05, 0) is 44.9 Å². The highest BCUT2D eigenvalue weighted by Crippen LogP contribution is 2.34. The topological polar surface area (TPSA) is 52.5 Å². The summed E-state index contributed by atoms with van der Waals surface area (Å²) < 4.78 is 13.6. The third kappa shape index (κ3) is 5.66. The summed E-state index contributed by atoms with van der Waals surface area (Å²) in [5.74, 6) is 0.885. The first-order valence-electron chi connectivity index (χ1n) is 10.7. The van der Waals surface area contributed by atoms with Gasteiger partial charge in [-0.15, -0.1) is 0 Å². The Bertz CT molecular complexity index is 812. The van der Waals surface area contributed by atoms with E-state index < -0.39 is 0 Å². The second kappa shape index (κ2) is 11.0. The van der Waals surface area contributed by atoms with E-state index in [1.54, 1.807) is 11.6 Å². The molecule has 1 heterocycles. The van der Waals surface area contributed by atoms with Crippen LogP contribution in [0.4, 0.5) is 5.69 Å². The molecule has 5 nitrogen and oxygen atoms in total. The summed E-state index contributed by atoms with van der Waals surface area (Å²) in [4.78, 5) is 13.0. The number of pyridine rings is 1. The fourth-order valence-electron chi connectivity index (χ4n) is 3.19. The predicted molar refractivity (Wildman–Crippen MR) is 118 cm³/mol.